The summed E-state index contributed by atoms with van der Waals surface area (Å²) in [7, 11) is 1.90. The Bertz CT molecular complexity index is 880. The first kappa shape index (κ1) is 18.3. The Morgan fingerprint density at radius 2 is 2.12 bits per heavy atom. The van der Waals surface area contributed by atoms with Crippen LogP contribution in [0, 0.1) is 0 Å². The molecule has 1 N–H and O–H groups in total. The van der Waals surface area contributed by atoms with Crippen molar-refractivity contribution < 1.29 is 4.79 Å². The quantitative estimate of drug-likeness (QED) is 0.605. The molecule has 0 aliphatic rings. The van der Waals surface area contributed by atoms with Crippen LogP contribution in [-0.4, -0.2) is 26.4 Å². The molecule has 2 aromatic heterocycles. The lowest BCUT2D eigenvalue weighted by molar-refractivity contribution is -0.113. The highest BCUT2D eigenvalue weighted by molar-refractivity contribution is 7.99. The van der Waals surface area contributed by atoms with Gasteiger partial charge in [0.2, 0.25) is 5.91 Å². The van der Waals surface area contributed by atoms with Crippen molar-refractivity contribution >= 4 is 57.9 Å². The number of carbonyl (C=O) groups is 1. The Labute approximate surface area is 163 Å². The van der Waals surface area contributed by atoms with Gasteiger partial charge in [-0.05, 0) is 23.6 Å². The first-order valence-corrected chi connectivity index (χ1v) is 9.94. The van der Waals surface area contributed by atoms with E-state index in [9.17, 15) is 4.79 Å². The summed E-state index contributed by atoms with van der Waals surface area (Å²) in [6.07, 6.45) is 0.728. The highest BCUT2D eigenvalue weighted by Crippen LogP contribution is 2.29. The SMILES string of the molecule is Cn1c(Cc2cccs2)nnc1SCC(=O)Nc1cccc(Cl)c1Cl. The Morgan fingerprint density at radius 3 is 2.88 bits per heavy atom. The number of aromatic nitrogens is 3. The average molecular weight is 413 g/mol. The summed E-state index contributed by atoms with van der Waals surface area (Å²) in [5.41, 5.74) is 0.496. The van der Waals surface area contributed by atoms with Crippen LogP contribution in [0.25, 0.3) is 0 Å². The van der Waals surface area contributed by atoms with Crippen molar-refractivity contribution in [2.45, 2.75) is 11.6 Å². The number of halogens is 2. The van der Waals surface area contributed by atoms with Crippen molar-refractivity contribution in [3.63, 3.8) is 0 Å². The van der Waals surface area contributed by atoms with E-state index in [0.29, 0.717) is 20.9 Å². The molecule has 0 atom stereocenters. The maximum atomic E-state index is 12.1. The summed E-state index contributed by atoms with van der Waals surface area (Å²) < 4.78 is 1.91. The molecule has 3 aromatic rings. The predicted molar refractivity (Wildman–Crippen MR) is 104 cm³/mol. The molecule has 0 aliphatic heterocycles. The van der Waals surface area contributed by atoms with Gasteiger partial charge in [-0.25, -0.2) is 0 Å². The van der Waals surface area contributed by atoms with Gasteiger partial charge in [0, 0.05) is 18.3 Å². The van der Waals surface area contributed by atoms with E-state index >= 15 is 0 Å². The number of hydrogen-bond acceptors (Lipinski definition) is 5. The summed E-state index contributed by atoms with van der Waals surface area (Å²) in [4.78, 5) is 13.4. The number of amides is 1. The molecular formula is C16H14Cl2N4OS2. The van der Waals surface area contributed by atoms with Gasteiger partial charge < -0.3 is 9.88 Å². The molecule has 25 heavy (non-hydrogen) atoms. The van der Waals surface area contributed by atoms with Crippen LogP contribution in [0.2, 0.25) is 10.0 Å². The highest BCUT2D eigenvalue weighted by Gasteiger charge is 2.13. The van der Waals surface area contributed by atoms with Crippen LogP contribution in [0.3, 0.4) is 0 Å². The second-order valence-electron chi connectivity index (χ2n) is 5.15. The lowest BCUT2D eigenvalue weighted by Crippen LogP contribution is -2.15. The van der Waals surface area contributed by atoms with E-state index in [0.717, 1.165) is 12.2 Å². The molecule has 5 nitrogen and oxygen atoms in total. The van der Waals surface area contributed by atoms with Gasteiger partial charge in [-0.2, -0.15) is 0 Å². The molecule has 2 heterocycles. The molecule has 0 radical (unpaired) electrons. The van der Waals surface area contributed by atoms with Crippen molar-refractivity contribution in [2.24, 2.45) is 7.05 Å². The first-order chi connectivity index (χ1) is 12.0. The smallest absolute Gasteiger partial charge is 0.234 e. The van der Waals surface area contributed by atoms with Gasteiger partial charge in [0.15, 0.2) is 5.16 Å². The zero-order valence-corrected chi connectivity index (χ0v) is 16.3. The van der Waals surface area contributed by atoms with Gasteiger partial charge in [-0.15, -0.1) is 21.5 Å². The third-order valence-corrected chi connectivity index (χ3v) is 6.11. The monoisotopic (exact) mass is 412 g/mol. The fourth-order valence-corrected chi connectivity index (χ4v) is 3.89. The Balaban J connectivity index is 1.59. The summed E-state index contributed by atoms with van der Waals surface area (Å²) in [6, 6.07) is 9.18. The van der Waals surface area contributed by atoms with Crippen LogP contribution in [-0.2, 0) is 18.3 Å². The molecule has 0 spiro atoms. The Kier molecular flexibility index (Phi) is 6.01. The number of thiophene rings is 1. The molecule has 0 bridgehead atoms. The lowest BCUT2D eigenvalue weighted by atomic mass is 10.3. The van der Waals surface area contributed by atoms with Crippen LogP contribution in [0.5, 0.6) is 0 Å². The van der Waals surface area contributed by atoms with Crippen molar-refractivity contribution in [1.82, 2.24) is 14.8 Å². The van der Waals surface area contributed by atoms with Crippen molar-refractivity contribution in [3.8, 4) is 0 Å². The molecule has 0 fully saturated rings. The van der Waals surface area contributed by atoms with E-state index in [1.165, 1.54) is 16.6 Å². The minimum Gasteiger partial charge on any atom is -0.324 e. The molecular weight excluding hydrogens is 399 g/mol. The zero-order chi connectivity index (χ0) is 17.8. The standard InChI is InChI=1S/C16H14Cl2N4OS2/c1-22-13(8-10-4-3-7-24-10)20-21-16(22)25-9-14(23)19-12-6-2-5-11(17)15(12)18/h2-7H,8-9H2,1H3,(H,19,23). The minimum atomic E-state index is -0.183. The number of nitrogens with one attached hydrogen (secondary N) is 1. The van der Waals surface area contributed by atoms with Crippen molar-refractivity contribution in [3.05, 3.63) is 56.5 Å². The Hall–Kier alpha value is -1.54. The third kappa shape index (κ3) is 4.55. The molecule has 0 unspecified atom stereocenters. The van der Waals surface area contributed by atoms with Crippen LogP contribution in [0.15, 0.2) is 40.9 Å². The van der Waals surface area contributed by atoms with E-state index in [1.807, 2.05) is 23.1 Å². The molecule has 0 aliphatic carbocycles. The number of thioether (sulfide) groups is 1. The number of benzene rings is 1. The highest BCUT2D eigenvalue weighted by atomic mass is 35.5. The molecule has 130 valence electrons. The fourth-order valence-electron chi connectivity index (χ4n) is 2.11. The van der Waals surface area contributed by atoms with Crippen LogP contribution < -0.4 is 5.32 Å². The lowest BCUT2D eigenvalue weighted by Gasteiger charge is -2.08. The van der Waals surface area contributed by atoms with Gasteiger partial charge in [-0.1, -0.05) is 47.1 Å². The molecule has 3 rings (SSSR count). The van der Waals surface area contributed by atoms with E-state index in [1.54, 1.807) is 29.5 Å². The molecule has 0 saturated carbocycles. The number of rotatable bonds is 6. The van der Waals surface area contributed by atoms with Gasteiger partial charge >= 0.3 is 0 Å². The van der Waals surface area contributed by atoms with E-state index in [2.05, 4.69) is 21.6 Å². The summed E-state index contributed by atoms with van der Waals surface area (Å²) in [5.74, 6) is 0.883. The Morgan fingerprint density at radius 1 is 1.28 bits per heavy atom. The van der Waals surface area contributed by atoms with Gasteiger partial charge in [0.05, 0.1) is 21.5 Å². The summed E-state index contributed by atoms with van der Waals surface area (Å²) >= 11 is 15.0. The van der Waals surface area contributed by atoms with Gasteiger partial charge in [0.25, 0.3) is 0 Å². The summed E-state index contributed by atoms with van der Waals surface area (Å²) in [6.45, 7) is 0. The number of anilines is 1. The van der Waals surface area contributed by atoms with E-state index in [-0.39, 0.29) is 11.7 Å². The number of hydrogen-bond donors (Lipinski definition) is 1. The second kappa shape index (κ2) is 8.23. The number of nitrogens with zero attached hydrogens (tertiary/aromatic N) is 3. The average Bonchev–Trinajstić information content (AvgIpc) is 3.22. The molecule has 1 amide bonds. The summed E-state index contributed by atoms with van der Waals surface area (Å²) in [5, 5.41) is 14.6. The normalized spacial score (nSPS) is 10.8. The fraction of sp³-hybridized carbons (Fsp3) is 0.188. The predicted octanol–water partition coefficient (Wildman–Crippen LogP) is 4.51. The zero-order valence-electron chi connectivity index (χ0n) is 13.2. The van der Waals surface area contributed by atoms with Crippen LogP contribution >= 0.6 is 46.3 Å². The number of carbonyl (C=O) groups excluding carboxylic acids is 1. The van der Waals surface area contributed by atoms with Crippen LogP contribution in [0.4, 0.5) is 5.69 Å². The van der Waals surface area contributed by atoms with Gasteiger partial charge in [0.1, 0.15) is 5.82 Å². The van der Waals surface area contributed by atoms with Crippen molar-refractivity contribution in [1.29, 1.82) is 0 Å². The third-order valence-electron chi connectivity index (χ3n) is 3.40. The topological polar surface area (TPSA) is 59.8 Å². The van der Waals surface area contributed by atoms with E-state index < -0.39 is 0 Å². The van der Waals surface area contributed by atoms with E-state index in [4.69, 9.17) is 23.2 Å². The first-order valence-electron chi connectivity index (χ1n) is 7.32. The van der Waals surface area contributed by atoms with Gasteiger partial charge in [-0.3, -0.25) is 4.79 Å². The largest absolute Gasteiger partial charge is 0.324 e. The minimum absolute atomic E-state index is 0.183. The van der Waals surface area contributed by atoms with Crippen LogP contribution in [0.1, 0.15) is 10.7 Å². The maximum Gasteiger partial charge on any atom is 0.234 e. The molecule has 1 aromatic carbocycles. The molecule has 9 heteroatoms. The molecule has 0 saturated heterocycles. The maximum absolute atomic E-state index is 12.1. The second-order valence-corrected chi connectivity index (χ2v) is 7.91. The van der Waals surface area contributed by atoms with Crippen molar-refractivity contribution in [2.75, 3.05) is 11.1 Å².